The van der Waals surface area contributed by atoms with Gasteiger partial charge in [-0.05, 0) is 281 Å². The van der Waals surface area contributed by atoms with Gasteiger partial charge in [-0.25, -0.2) is 0 Å². The molecule has 0 bridgehead atoms. The first kappa shape index (κ1) is 71.2. The molecular weight excluding hydrogens is 1270 g/mol. The minimum absolute atomic E-state index is 0.0358. The number of rotatable bonds is 9. The van der Waals surface area contributed by atoms with Gasteiger partial charge in [0.2, 0.25) is 0 Å². The molecule has 0 saturated heterocycles. The summed E-state index contributed by atoms with van der Waals surface area (Å²) in [6, 6.07) is 59.1. The van der Waals surface area contributed by atoms with Gasteiger partial charge in [0, 0.05) is 19.5 Å². The van der Waals surface area contributed by atoms with Gasteiger partial charge in [0.25, 0.3) is 0 Å². The van der Waals surface area contributed by atoms with E-state index in [1.165, 1.54) is 151 Å². The molecule has 12 rings (SSSR count). The Hall–Kier alpha value is -6.68. The van der Waals surface area contributed by atoms with E-state index in [0.29, 0.717) is 0 Å². The largest absolute Gasteiger partial charge is 0.306 e. The second-order valence-corrected chi connectivity index (χ2v) is 41.2. The Morgan fingerprint density at radius 3 is 0.510 bits per heavy atom. The van der Waals surface area contributed by atoms with Crippen molar-refractivity contribution in [1.29, 1.82) is 0 Å². The van der Waals surface area contributed by atoms with Crippen LogP contribution in [0.1, 0.15) is 233 Å². The van der Waals surface area contributed by atoms with Gasteiger partial charge < -0.3 is 19.6 Å². The topological polar surface area (TPSA) is 13.0 Å². The summed E-state index contributed by atoms with van der Waals surface area (Å²) in [5, 5.41) is 4.85. The smallest absolute Gasteiger partial charge is 0.152 e. The highest BCUT2D eigenvalue weighted by molar-refractivity contribution is 7.20. The van der Waals surface area contributed by atoms with Crippen molar-refractivity contribution in [2.24, 2.45) is 0 Å². The van der Waals surface area contributed by atoms with Crippen LogP contribution < -0.4 is 19.6 Å². The van der Waals surface area contributed by atoms with Crippen LogP contribution in [0.25, 0.3) is 41.8 Å². The van der Waals surface area contributed by atoms with E-state index in [2.05, 4.69) is 359 Å². The van der Waals surface area contributed by atoms with Gasteiger partial charge in [-0.1, -0.05) is 190 Å². The molecule has 2 aliphatic heterocycles. The SMILES string of the molecule is Cc1cc2c(cc1C)N(c1ccc(-c3cc(C(C)(C)C)cc(C(C)(C)C)c3)s1)C(C1N(c3ccc(-c4cc(C(C)(C)C)cc(C(C)(C)C)c4)s3)c3cc(C)c(C)cc3N1c1ccc(-c3cc(C(C)(C)C)cc(C(C)(C)C)c3)s1)N2c1ccc(-c2cc(C(C)(C)C)cc(C(C)(C)C)c2)s1. The Kier molecular flexibility index (Phi) is 17.8. The lowest BCUT2D eigenvalue weighted by Gasteiger charge is -2.43. The molecule has 0 amide bonds. The van der Waals surface area contributed by atoms with Crippen LogP contribution in [0.15, 0.2) is 146 Å². The van der Waals surface area contributed by atoms with Gasteiger partial charge in [-0.15, -0.1) is 45.3 Å². The monoisotopic (exact) mass is 1370 g/mol. The Balaban J connectivity index is 1.17. The molecule has 98 heavy (non-hydrogen) atoms. The molecule has 514 valence electrons. The molecule has 0 spiro atoms. The molecule has 0 unspecified atom stereocenters. The van der Waals surface area contributed by atoms with E-state index in [4.69, 9.17) is 0 Å². The first-order valence-corrected chi connectivity index (χ1v) is 38.9. The number of anilines is 8. The molecule has 10 aromatic rings. The molecule has 6 heterocycles. The Labute approximate surface area is 606 Å². The fourth-order valence-corrected chi connectivity index (χ4v) is 17.8. The standard InChI is InChI=1S/C90H110N4S4/c1-53-37-69-70(38-54(53)2)92(78-34-30-74(96-78)58-43-63(85(11,12)13)50-64(44-58)86(14,15)16)81(91(69)77-33-29-73(95-77)57-41-61(83(5,6)7)49-62(42-57)84(8,9)10)82-93(79-35-31-75(97-79)59-45-65(87(17,18)19)51-66(46-59)88(20,21)22)71-39-55(3)56(4)40-72(71)94(82)80-36-32-76(98-80)60-47-67(89(23,24)25)52-68(48-60)90(26,27)28/h29-52,81-82H,1-28H3. The van der Waals surface area contributed by atoms with E-state index in [1.807, 2.05) is 45.3 Å². The summed E-state index contributed by atoms with van der Waals surface area (Å²) in [7, 11) is 0. The van der Waals surface area contributed by atoms with E-state index in [-0.39, 0.29) is 55.7 Å². The Bertz CT molecular complexity index is 3960. The molecule has 4 nitrogen and oxygen atoms in total. The lowest BCUT2D eigenvalue weighted by Crippen LogP contribution is -2.57. The van der Waals surface area contributed by atoms with Crippen molar-refractivity contribution in [2.75, 3.05) is 19.6 Å². The average Bonchev–Trinajstić information content (AvgIpc) is 1.54. The highest BCUT2D eigenvalue weighted by Gasteiger charge is 2.53. The number of benzene rings is 6. The van der Waals surface area contributed by atoms with Gasteiger partial charge in [-0.2, -0.15) is 0 Å². The predicted molar refractivity (Wildman–Crippen MR) is 437 cm³/mol. The van der Waals surface area contributed by atoms with Crippen molar-refractivity contribution in [3.05, 3.63) is 212 Å². The molecule has 0 fully saturated rings. The van der Waals surface area contributed by atoms with Crippen LogP contribution >= 0.6 is 45.3 Å². The number of hydrogen-bond acceptors (Lipinski definition) is 8. The minimum atomic E-state index is -0.334. The van der Waals surface area contributed by atoms with Crippen molar-refractivity contribution in [3.63, 3.8) is 0 Å². The molecular formula is C90H110N4S4. The second kappa shape index (κ2) is 24.6. The average molecular weight is 1380 g/mol. The number of nitrogens with zero attached hydrogens (tertiary/aromatic N) is 4. The summed E-state index contributed by atoms with van der Waals surface area (Å²) >= 11 is 7.74. The number of thiophene rings is 4. The third-order valence-electron chi connectivity index (χ3n) is 20.7. The second-order valence-electron chi connectivity index (χ2n) is 36.9. The van der Waals surface area contributed by atoms with Gasteiger partial charge in [-0.3, -0.25) is 0 Å². The maximum Gasteiger partial charge on any atom is 0.152 e. The maximum absolute atomic E-state index is 2.77. The highest BCUT2D eigenvalue weighted by Crippen LogP contribution is 2.61. The Morgan fingerprint density at radius 1 is 0.214 bits per heavy atom. The highest BCUT2D eigenvalue weighted by atomic mass is 32.1. The lowest BCUT2D eigenvalue weighted by atomic mass is 9.79. The molecule has 0 aliphatic carbocycles. The third-order valence-corrected chi connectivity index (χ3v) is 25.2. The summed E-state index contributed by atoms with van der Waals surface area (Å²) in [6.07, 6.45) is -0.669. The van der Waals surface area contributed by atoms with Crippen LogP contribution in [0, 0.1) is 27.7 Å². The quantitative estimate of drug-likeness (QED) is 0.143. The molecule has 4 aromatic heterocycles. The summed E-state index contributed by atoms with van der Waals surface area (Å²) in [5.41, 5.74) is 25.7. The Morgan fingerprint density at radius 2 is 0.367 bits per heavy atom. The van der Waals surface area contributed by atoms with Crippen molar-refractivity contribution in [3.8, 4) is 41.8 Å². The van der Waals surface area contributed by atoms with Gasteiger partial charge in [0.05, 0.1) is 42.8 Å². The number of aryl methyl sites for hydroxylation is 4. The third kappa shape index (κ3) is 13.7. The van der Waals surface area contributed by atoms with E-state index in [9.17, 15) is 0 Å². The molecule has 2 aliphatic rings. The zero-order valence-electron chi connectivity index (χ0n) is 64.4. The van der Waals surface area contributed by atoms with Crippen LogP contribution in [-0.2, 0) is 43.3 Å². The first-order valence-electron chi connectivity index (χ1n) is 35.7. The summed E-state index contributed by atoms with van der Waals surface area (Å²) in [5.74, 6) is 0. The number of fused-ring (bicyclic) bond motifs is 2. The molecule has 0 saturated carbocycles. The summed E-state index contributed by atoms with van der Waals surface area (Å²) in [4.78, 5) is 16.2. The van der Waals surface area contributed by atoms with Crippen LogP contribution in [-0.4, -0.2) is 12.3 Å². The zero-order valence-corrected chi connectivity index (χ0v) is 67.7. The zero-order chi connectivity index (χ0) is 71.4. The summed E-state index contributed by atoms with van der Waals surface area (Å²) < 4.78 is 0. The fraction of sp³-hybridized carbons (Fsp3) is 0.422. The summed E-state index contributed by atoms with van der Waals surface area (Å²) in [6.45, 7) is 65.8. The van der Waals surface area contributed by atoms with Crippen LogP contribution in [0.2, 0.25) is 0 Å². The lowest BCUT2D eigenvalue weighted by molar-refractivity contribution is 0.556. The van der Waals surface area contributed by atoms with E-state index in [1.54, 1.807) is 0 Å². The molecule has 6 aromatic carbocycles. The molecule has 0 N–H and O–H groups in total. The van der Waals surface area contributed by atoms with Gasteiger partial charge in [0.1, 0.15) is 0 Å². The maximum atomic E-state index is 2.77. The van der Waals surface area contributed by atoms with Gasteiger partial charge in [0.15, 0.2) is 12.3 Å². The van der Waals surface area contributed by atoms with E-state index >= 15 is 0 Å². The van der Waals surface area contributed by atoms with Gasteiger partial charge >= 0.3 is 0 Å². The van der Waals surface area contributed by atoms with Crippen molar-refractivity contribution in [2.45, 2.75) is 250 Å². The number of hydrogen-bond donors (Lipinski definition) is 0. The van der Waals surface area contributed by atoms with E-state index < -0.39 is 0 Å². The predicted octanol–water partition coefficient (Wildman–Crippen LogP) is 28.1. The normalized spacial score (nSPS) is 14.8. The van der Waals surface area contributed by atoms with Crippen LogP contribution in [0.4, 0.5) is 42.8 Å². The van der Waals surface area contributed by atoms with Crippen molar-refractivity contribution >= 4 is 88.1 Å². The fourth-order valence-electron chi connectivity index (χ4n) is 13.7. The first-order chi connectivity index (χ1) is 45.2. The van der Waals surface area contributed by atoms with Crippen molar-refractivity contribution in [1.82, 2.24) is 0 Å². The van der Waals surface area contributed by atoms with E-state index in [0.717, 1.165) is 0 Å². The molecule has 0 atom stereocenters. The molecule has 8 heteroatoms. The minimum Gasteiger partial charge on any atom is -0.306 e. The van der Waals surface area contributed by atoms with Crippen molar-refractivity contribution < 1.29 is 0 Å². The molecule has 0 radical (unpaired) electrons. The van der Waals surface area contributed by atoms with Crippen LogP contribution in [0.3, 0.4) is 0 Å². The van der Waals surface area contributed by atoms with Crippen LogP contribution in [0.5, 0.6) is 0 Å².